The van der Waals surface area contributed by atoms with Gasteiger partial charge in [-0.15, -0.1) is 0 Å². The zero-order valence-corrected chi connectivity index (χ0v) is 12.1. The quantitative estimate of drug-likeness (QED) is 0.559. The monoisotopic (exact) mass is 272 g/mol. The molecule has 1 aliphatic rings. The Bertz CT molecular complexity index is 320. The molecule has 1 heterocycles. The van der Waals surface area contributed by atoms with Crippen LogP contribution >= 0.6 is 0 Å². The Morgan fingerprint density at radius 2 is 2.05 bits per heavy atom. The van der Waals surface area contributed by atoms with Gasteiger partial charge in [0.2, 0.25) is 5.91 Å². The largest absolute Gasteiger partial charge is 0.467 e. The molecule has 0 saturated carbocycles. The molecule has 0 aromatic heterocycles. The molecule has 2 atom stereocenters. The van der Waals surface area contributed by atoms with E-state index in [9.17, 15) is 9.59 Å². The molecule has 0 spiro atoms. The molecular formula is C13H24N2O4. The molecule has 0 aliphatic carbocycles. The van der Waals surface area contributed by atoms with Gasteiger partial charge in [0.05, 0.1) is 19.9 Å². The topological polar surface area (TPSA) is 67.9 Å². The summed E-state index contributed by atoms with van der Waals surface area (Å²) in [4.78, 5) is 25.8. The fraction of sp³-hybridized carbons (Fsp3) is 0.846. The molecule has 6 heteroatoms. The van der Waals surface area contributed by atoms with Gasteiger partial charge in [-0.25, -0.2) is 4.79 Å². The van der Waals surface area contributed by atoms with E-state index in [1.54, 1.807) is 12.0 Å². The molecular weight excluding hydrogens is 248 g/mol. The lowest BCUT2D eigenvalue weighted by Crippen LogP contribution is -2.52. The van der Waals surface area contributed by atoms with Gasteiger partial charge in [-0.3, -0.25) is 10.1 Å². The third kappa shape index (κ3) is 3.91. The number of nitrogens with one attached hydrogen (secondary N) is 1. The van der Waals surface area contributed by atoms with Gasteiger partial charge in [-0.05, 0) is 18.8 Å². The van der Waals surface area contributed by atoms with Crippen LogP contribution in [0.3, 0.4) is 0 Å². The molecule has 0 bridgehead atoms. The van der Waals surface area contributed by atoms with Crippen molar-refractivity contribution < 1.29 is 19.1 Å². The number of amides is 1. The number of ether oxygens (including phenoxy) is 2. The highest BCUT2D eigenvalue weighted by Crippen LogP contribution is 2.21. The molecule has 1 N–H and O–H groups in total. The highest BCUT2D eigenvalue weighted by Gasteiger charge is 2.38. The number of esters is 1. The number of nitrogens with zero attached hydrogens (tertiary/aromatic N) is 1. The predicted molar refractivity (Wildman–Crippen MR) is 70.4 cm³/mol. The van der Waals surface area contributed by atoms with Crippen molar-refractivity contribution in [2.45, 2.75) is 38.8 Å². The second-order valence-electron chi connectivity index (χ2n) is 5.07. The van der Waals surface area contributed by atoms with Gasteiger partial charge < -0.3 is 14.4 Å². The fourth-order valence-corrected chi connectivity index (χ4v) is 2.37. The molecule has 1 fully saturated rings. The number of methoxy groups -OCH3 is 2. The van der Waals surface area contributed by atoms with Crippen LogP contribution in [0.4, 0.5) is 0 Å². The lowest BCUT2D eigenvalue weighted by molar-refractivity contribution is -0.152. The van der Waals surface area contributed by atoms with E-state index in [0.29, 0.717) is 19.7 Å². The van der Waals surface area contributed by atoms with E-state index in [1.807, 2.05) is 13.8 Å². The Morgan fingerprint density at radius 1 is 1.37 bits per heavy atom. The standard InChI is InChI=1S/C13H24N2O4/c1-9(2)11(14-8-18-3)12(16)15-7-5-6-10(15)13(17)19-4/h9-11,14H,5-8H2,1-4H3. The van der Waals surface area contributed by atoms with Gasteiger partial charge in [-0.1, -0.05) is 13.8 Å². The lowest BCUT2D eigenvalue weighted by atomic mass is 10.0. The Balaban J connectivity index is 2.74. The van der Waals surface area contributed by atoms with Gasteiger partial charge in [0.1, 0.15) is 6.04 Å². The van der Waals surface area contributed by atoms with E-state index < -0.39 is 6.04 Å². The molecule has 2 unspecified atom stereocenters. The maximum absolute atomic E-state index is 12.5. The molecule has 1 amide bonds. The first kappa shape index (κ1) is 15.9. The highest BCUT2D eigenvalue weighted by atomic mass is 16.5. The molecule has 1 rings (SSSR count). The van der Waals surface area contributed by atoms with E-state index in [-0.39, 0.29) is 23.8 Å². The number of rotatable bonds is 6. The van der Waals surface area contributed by atoms with Crippen molar-refractivity contribution in [3.8, 4) is 0 Å². The number of carbonyl (C=O) groups excluding carboxylic acids is 2. The van der Waals surface area contributed by atoms with E-state index in [2.05, 4.69) is 5.32 Å². The summed E-state index contributed by atoms with van der Waals surface area (Å²) >= 11 is 0. The van der Waals surface area contributed by atoms with E-state index in [1.165, 1.54) is 7.11 Å². The van der Waals surface area contributed by atoms with E-state index in [0.717, 1.165) is 6.42 Å². The average molecular weight is 272 g/mol. The summed E-state index contributed by atoms with van der Waals surface area (Å²) in [6.45, 7) is 4.85. The third-order valence-electron chi connectivity index (χ3n) is 3.39. The lowest BCUT2D eigenvalue weighted by Gasteiger charge is -2.29. The minimum atomic E-state index is -0.442. The van der Waals surface area contributed by atoms with Crippen molar-refractivity contribution in [1.82, 2.24) is 10.2 Å². The van der Waals surface area contributed by atoms with Crippen LogP contribution in [-0.2, 0) is 19.1 Å². The highest BCUT2D eigenvalue weighted by molar-refractivity contribution is 5.88. The SMILES string of the molecule is COCNC(C(=O)N1CCCC1C(=O)OC)C(C)C. The molecule has 0 radical (unpaired) electrons. The number of likely N-dealkylation sites (tertiary alicyclic amines) is 1. The van der Waals surface area contributed by atoms with E-state index >= 15 is 0 Å². The first-order chi connectivity index (χ1) is 9.02. The van der Waals surface area contributed by atoms with Crippen molar-refractivity contribution in [3.05, 3.63) is 0 Å². The van der Waals surface area contributed by atoms with Crippen LogP contribution in [0.25, 0.3) is 0 Å². The minimum Gasteiger partial charge on any atom is -0.467 e. The Kier molecular flexibility index (Phi) is 6.24. The first-order valence-corrected chi connectivity index (χ1v) is 6.63. The summed E-state index contributed by atoms with van der Waals surface area (Å²) in [7, 11) is 2.92. The van der Waals surface area contributed by atoms with Gasteiger partial charge in [0, 0.05) is 13.7 Å². The van der Waals surface area contributed by atoms with Gasteiger partial charge in [0.25, 0.3) is 0 Å². The Morgan fingerprint density at radius 3 is 2.58 bits per heavy atom. The minimum absolute atomic E-state index is 0.0556. The van der Waals surface area contributed by atoms with Crippen LogP contribution in [-0.4, -0.2) is 56.4 Å². The van der Waals surface area contributed by atoms with Crippen LogP contribution in [0, 0.1) is 5.92 Å². The Hall–Kier alpha value is -1.14. The van der Waals surface area contributed by atoms with Crippen LogP contribution < -0.4 is 5.32 Å². The summed E-state index contributed by atoms with van der Waals surface area (Å²) in [6.07, 6.45) is 1.51. The van der Waals surface area contributed by atoms with E-state index in [4.69, 9.17) is 9.47 Å². The first-order valence-electron chi connectivity index (χ1n) is 6.63. The van der Waals surface area contributed by atoms with Gasteiger partial charge >= 0.3 is 5.97 Å². The van der Waals surface area contributed by atoms with Crippen molar-refractivity contribution in [3.63, 3.8) is 0 Å². The smallest absolute Gasteiger partial charge is 0.328 e. The third-order valence-corrected chi connectivity index (χ3v) is 3.39. The summed E-state index contributed by atoms with van der Waals surface area (Å²) in [6, 6.07) is -0.784. The second kappa shape index (κ2) is 7.45. The normalized spacial score (nSPS) is 20.7. The maximum atomic E-state index is 12.5. The van der Waals surface area contributed by atoms with Crippen LogP contribution in [0.2, 0.25) is 0 Å². The summed E-state index contributed by atoms with van der Waals surface area (Å²) in [5.41, 5.74) is 0. The summed E-state index contributed by atoms with van der Waals surface area (Å²) in [5, 5.41) is 3.06. The number of hydrogen-bond acceptors (Lipinski definition) is 5. The zero-order chi connectivity index (χ0) is 14.4. The summed E-state index contributed by atoms with van der Waals surface area (Å²) in [5.74, 6) is -0.262. The van der Waals surface area contributed by atoms with Gasteiger partial charge in [-0.2, -0.15) is 0 Å². The molecule has 0 aromatic carbocycles. The van der Waals surface area contributed by atoms with Crippen molar-refractivity contribution in [2.24, 2.45) is 5.92 Å². The molecule has 19 heavy (non-hydrogen) atoms. The predicted octanol–water partition coefficient (Wildman–Crippen LogP) is 0.369. The van der Waals surface area contributed by atoms with Gasteiger partial charge in [0.15, 0.2) is 0 Å². The number of carbonyl (C=O) groups is 2. The molecule has 110 valence electrons. The second-order valence-corrected chi connectivity index (χ2v) is 5.07. The fourth-order valence-electron chi connectivity index (χ4n) is 2.37. The molecule has 1 saturated heterocycles. The van der Waals surface area contributed by atoms with Crippen molar-refractivity contribution >= 4 is 11.9 Å². The van der Waals surface area contributed by atoms with Crippen LogP contribution in [0.1, 0.15) is 26.7 Å². The molecule has 6 nitrogen and oxygen atoms in total. The number of hydrogen-bond donors (Lipinski definition) is 1. The van der Waals surface area contributed by atoms with Crippen molar-refractivity contribution in [2.75, 3.05) is 27.5 Å². The van der Waals surface area contributed by atoms with Crippen molar-refractivity contribution in [1.29, 1.82) is 0 Å². The molecule has 1 aliphatic heterocycles. The summed E-state index contributed by atoms with van der Waals surface area (Å²) < 4.78 is 9.72. The molecule has 0 aromatic rings. The average Bonchev–Trinajstić information content (AvgIpc) is 2.86. The van der Waals surface area contributed by atoms with Crippen LogP contribution in [0.5, 0.6) is 0 Å². The Labute approximate surface area is 114 Å². The maximum Gasteiger partial charge on any atom is 0.328 e. The van der Waals surface area contributed by atoms with Crippen LogP contribution in [0.15, 0.2) is 0 Å². The zero-order valence-electron chi connectivity index (χ0n) is 12.1.